The van der Waals surface area contributed by atoms with Gasteiger partial charge in [0, 0.05) is 11.3 Å². The Morgan fingerprint density at radius 2 is 2.30 bits per heavy atom. The lowest BCUT2D eigenvalue weighted by atomic mass is 10.1. The van der Waals surface area contributed by atoms with Crippen molar-refractivity contribution in [1.82, 2.24) is 10.3 Å². The summed E-state index contributed by atoms with van der Waals surface area (Å²) in [4.78, 5) is 39.2. The molecule has 1 aliphatic heterocycles. The summed E-state index contributed by atoms with van der Waals surface area (Å²) in [5.41, 5.74) is 0.256. The van der Waals surface area contributed by atoms with E-state index < -0.39 is 12.0 Å². The number of hydrogen-bond donors (Lipinski definition) is 2. The second-order valence-electron chi connectivity index (χ2n) is 4.29. The minimum absolute atomic E-state index is 0.256. The lowest BCUT2D eigenvalue weighted by molar-refractivity contribution is -0.133. The van der Waals surface area contributed by atoms with E-state index in [1.54, 1.807) is 13.8 Å². The maximum absolute atomic E-state index is 11.6. The van der Waals surface area contributed by atoms with Crippen LogP contribution in [0.5, 0.6) is 0 Å². The minimum Gasteiger partial charge on any atom is -0.461 e. The minimum atomic E-state index is -0.506. The van der Waals surface area contributed by atoms with Gasteiger partial charge in [-0.1, -0.05) is 0 Å². The highest BCUT2D eigenvalue weighted by Crippen LogP contribution is 2.24. The van der Waals surface area contributed by atoms with Gasteiger partial charge in [0.2, 0.25) is 11.8 Å². The van der Waals surface area contributed by atoms with E-state index in [-0.39, 0.29) is 24.1 Å². The fourth-order valence-electron chi connectivity index (χ4n) is 1.83. The quantitative estimate of drug-likeness (QED) is 0.631. The average Bonchev–Trinajstić information content (AvgIpc) is 2.74. The van der Waals surface area contributed by atoms with E-state index in [0.29, 0.717) is 18.0 Å². The van der Waals surface area contributed by atoms with Gasteiger partial charge in [-0.15, -0.1) is 11.3 Å². The van der Waals surface area contributed by atoms with Gasteiger partial charge in [-0.2, -0.15) is 0 Å². The van der Waals surface area contributed by atoms with Crippen molar-refractivity contribution in [1.29, 1.82) is 0 Å². The Hall–Kier alpha value is -1.96. The Kier molecular flexibility index (Phi) is 4.33. The first kappa shape index (κ1) is 14.4. The zero-order valence-corrected chi connectivity index (χ0v) is 12.0. The number of nitrogens with zero attached hydrogens (tertiary/aromatic N) is 1. The largest absolute Gasteiger partial charge is 0.461 e. The molecule has 1 aliphatic rings. The van der Waals surface area contributed by atoms with Gasteiger partial charge in [0.1, 0.15) is 6.04 Å². The summed E-state index contributed by atoms with van der Waals surface area (Å²) in [6.45, 7) is 3.77. The van der Waals surface area contributed by atoms with Gasteiger partial charge in [0.25, 0.3) is 0 Å². The first-order valence-corrected chi connectivity index (χ1v) is 7.07. The van der Waals surface area contributed by atoms with Crippen molar-refractivity contribution >= 4 is 34.3 Å². The normalized spacial score (nSPS) is 18.6. The molecule has 0 aliphatic carbocycles. The summed E-state index contributed by atoms with van der Waals surface area (Å²) in [5, 5.41) is 5.68. The molecule has 1 aromatic heterocycles. The second-order valence-corrected chi connectivity index (χ2v) is 5.50. The fraction of sp³-hybridized carbons (Fsp3) is 0.500. The first-order chi connectivity index (χ1) is 9.51. The van der Waals surface area contributed by atoms with Crippen LogP contribution in [-0.2, 0) is 14.3 Å². The topological polar surface area (TPSA) is 97.4 Å². The van der Waals surface area contributed by atoms with Crippen molar-refractivity contribution in [2.45, 2.75) is 32.7 Å². The molecule has 0 spiro atoms. The molecule has 0 aromatic carbocycles. The summed E-state index contributed by atoms with van der Waals surface area (Å²) in [5.74, 6) is -1.11. The number of esters is 1. The molecule has 2 N–H and O–H groups in total. The van der Waals surface area contributed by atoms with Crippen LogP contribution >= 0.6 is 11.3 Å². The third-order valence-corrected chi connectivity index (χ3v) is 3.70. The molecule has 108 valence electrons. The van der Waals surface area contributed by atoms with Gasteiger partial charge < -0.3 is 10.1 Å². The van der Waals surface area contributed by atoms with E-state index in [1.165, 1.54) is 11.3 Å². The van der Waals surface area contributed by atoms with E-state index in [4.69, 9.17) is 4.74 Å². The van der Waals surface area contributed by atoms with Crippen molar-refractivity contribution in [3.05, 3.63) is 10.6 Å². The maximum atomic E-state index is 11.6. The zero-order chi connectivity index (χ0) is 14.7. The molecule has 0 saturated carbocycles. The second kappa shape index (κ2) is 6.00. The SMILES string of the molecule is CCOC(=O)c1nc(NC2CCC(=O)NC2=O)sc1C. The van der Waals surface area contributed by atoms with E-state index in [0.717, 1.165) is 4.88 Å². The van der Waals surface area contributed by atoms with Crippen molar-refractivity contribution in [2.75, 3.05) is 11.9 Å². The molecule has 7 nitrogen and oxygen atoms in total. The Labute approximate surface area is 119 Å². The van der Waals surface area contributed by atoms with Crippen LogP contribution in [-0.4, -0.2) is 35.4 Å². The molecule has 1 saturated heterocycles. The molecule has 0 bridgehead atoms. The number of nitrogens with one attached hydrogen (secondary N) is 2. The smallest absolute Gasteiger partial charge is 0.358 e. The monoisotopic (exact) mass is 297 g/mol. The van der Waals surface area contributed by atoms with Gasteiger partial charge in [0.15, 0.2) is 10.8 Å². The Morgan fingerprint density at radius 1 is 1.55 bits per heavy atom. The molecular weight excluding hydrogens is 282 g/mol. The number of anilines is 1. The molecule has 1 unspecified atom stereocenters. The van der Waals surface area contributed by atoms with Gasteiger partial charge in [-0.05, 0) is 20.3 Å². The summed E-state index contributed by atoms with van der Waals surface area (Å²) < 4.78 is 4.90. The Bertz CT molecular complexity index is 555. The third-order valence-electron chi connectivity index (χ3n) is 2.80. The predicted octanol–water partition coefficient (Wildman–Crippen LogP) is 0.845. The van der Waals surface area contributed by atoms with Crippen LogP contribution in [0.3, 0.4) is 0 Å². The number of imide groups is 1. The summed E-state index contributed by atoms with van der Waals surface area (Å²) in [6, 6.07) is -0.506. The third kappa shape index (κ3) is 3.13. The van der Waals surface area contributed by atoms with Gasteiger partial charge in [0.05, 0.1) is 6.61 Å². The van der Waals surface area contributed by atoms with Crippen LogP contribution in [0, 0.1) is 6.92 Å². The highest BCUT2D eigenvalue weighted by atomic mass is 32.1. The van der Waals surface area contributed by atoms with Crippen LogP contribution in [0.4, 0.5) is 5.13 Å². The fourth-order valence-corrected chi connectivity index (χ4v) is 2.68. The molecule has 1 fully saturated rings. The number of rotatable bonds is 4. The number of aromatic nitrogens is 1. The molecule has 20 heavy (non-hydrogen) atoms. The number of piperidine rings is 1. The molecule has 1 aromatic rings. The lowest BCUT2D eigenvalue weighted by Crippen LogP contribution is -2.47. The number of thiazole rings is 1. The van der Waals surface area contributed by atoms with E-state index in [1.807, 2.05) is 0 Å². The van der Waals surface area contributed by atoms with Crippen LogP contribution < -0.4 is 10.6 Å². The van der Waals surface area contributed by atoms with Gasteiger partial charge >= 0.3 is 5.97 Å². The number of amides is 2. The summed E-state index contributed by atoms with van der Waals surface area (Å²) in [6.07, 6.45) is 0.705. The number of hydrogen-bond acceptors (Lipinski definition) is 7. The highest BCUT2D eigenvalue weighted by Gasteiger charge is 2.27. The van der Waals surface area contributed by atoms with Crippen LogP contribution in [0.2, 0.25) is 0 Å². The number of aryl methyl sites for hydroxylation is 1. The number of ether oxygens (including phenoxy) is 1. The van der Waals surface area contributed by atoms with E-state index in [9.17, 15) is 14.4 Å². The van der Waals surface area contributed by atoms with E-state index >= 15 is 0 Å². The van der Waals surface area contributed by atoms with Crippen molar-refractivity contribution in [3.63, 3.8) is 0 Å². The molecule has 2 heterocycles. The average molecular weight is 297 g/mol. The Balaban J connectivity index is 2.07. The molecule has 1 atom stereocenters. The first-order valence-electron chi connectivity index (χ1n) is 6.26. The van der Waals surface area contributed by atoms with Crippen molar-refractivity contribution in [3.8, 4) is 0 Å². The number of carbonyl (C=O) groups excluding carboxylic acids is 3. The molecule has 8 heteroatoms. The highest BCUT2D eigenvalue weighted by molar-refractivity contribution is 7.15. The van der Waals surface area contributed by atoms with Crippen LogP contribution in [0.25, 0.3) is 0 Å². The maximum Gasteiger partial charge on any atom is 0.358 e. The zero-order valence-electron chi connectivity index (χ0n) is 11.2. The van der Waals surface area contributed by atoms with Crippen molar-refractivity contribution < 1.29 is 19.1 Å². The standard InChI is InChI=1S/C12H15N3O4S/c1-3-19-11(18)9-6(2)20-12(15-9)13-7-4-5-8(16)14-10(7)17/h7H,3-5H2,1-2H3,(H,13,15)(H,14,16,17). The molecule has 0 radical (unpaired) electrons. The predicted molar refractivity (Wildman–Crippen MR) is 72.6 cm³/mol. The van der Waals surface area contributed by atoms with Gasteiger partial charge in [-0.3, -0.25) is 14.9 Å². The van der Waals surface area contributed by atoms with Gasteiger partial charge in [-0.25, -0.2) is 9.78 Å². The lowest BCUT2D eigenvalue weighted by Gasteiger charge is -2.21. The molecular formula is C12H15N3O4S. The summed E-state index contributed by atoms with van der Waals surface area (Å²) >= 11 is 1.28. The Morgan fingerprint density at radius 3 is 2.95 bits per heavy atom. The summed E-state index contributed by atoms with van der Waals surface area (Å²) in [7, 11) is 0. The van der Waals surface area contributed by atoms with Crippen LogP contribution in [0.15, 0.2) is 0 Å². The van der Waals surface area contributed by atoms with Crippen molar-refractivity contribution in [2.24, 2.45) is 0 Å². The number of carbonyl (C=O) groups is 3. The molecule has 2 amide bonds. The molecule has 2 rings (SSSR count). The van der Waals surface area contributed by atoms with Crippen LogP contribution in [0.1, 0.15) is 35.1 Å². The van der Waals surface area contributed by atoms with E-state index in [2.05, 4.69) is 15.6 Å².